The zero-order valence-corrected chi connectivity index (χ0v) is 22.0. The Morgan fingerprint density at radius 2 is 1.76 bits per heavy atom. The normalized spacial score (nSPS) is 16.5. The van der Waals surface area contributed by atoms with Gasteiger partial charge >= 0.3 is 0 Å². The van der Waals surface area contributed by atoms with Crippen LogP contribution < -0.4 is 15.4 Å². The maximum Gasteiger partial charge on any atom is 0.255 e. The fourth-order valence-corrected chi connectivity index (χ4v) is 7.39. The van der Waals surface area contributed by atoms with Crippen LogP contribution in [0, 0.1) is 5.41 Å². The van der Waals surface area contributed by atoms with Crippen molar-refractivity contribution in [3.63, 3.8) is 0 Å². The number of rotatable bonds is 11. The Bertz CT molecular complexity index is 1080. The van der Waals surface area contributed by atoms with Crippen molar-refractivity contribution >= 4 is 38.9 Å². The Kier molecular flexibility index (Phi) is 8.93. The molecule has 0 radical (unpaired) electrons. The van der Waals surface area contributed by atoms with Gasteiger partial charge in [0, 0.05) is 23.7 Å². The molecule has 1 aliphatic rings. The highest BCUT2D eigenvalue weighted by atomic mass is 32.2. The van der Waals surface area contributed by atoms with Gasteiger partial charge in [-0.05, 0) is 37.3 Å². The summed E-state index contributed by atoms with van der Waals surface area (Å²) in [5.41, 5.74) is 6.56. The van der Waals surface area contributed by atoms with Crippen LogP contribution in [0.3, 0.4) is 0 Å². The summed E-state index contributed by atoms with van der Waals surface area (Å²) >= 11 is 1.45. The molecular formula is C26H36N2O4S2. The molecule has 2 aromatic rings. The Morgan fingerprint density at radius 3 is 2.32 bits per heavy atom. The molecule has 0 unspecified atom stereocenters. The number of anilines is 2. The second-order valence-corrected chi connectivity index (χ2v) is 11.9. The second kappa shape index (κ2) is 11.5. The van der Waals surface area contributed by atoms with E-state index in [-0.39, 0.29) is 22.7 Å². The first-order chi connectivity index (χ1) is 16.2. The van der Waals surface area contributed by atoms with Crippen LogP contribution in [0.1, 0.15) is 52.4 Å². The van der Waals surface area contributed by atoms with Crippen LogP contribution in [-0.4, -0.2) is 39.5 Å². The van der Waals surface area contributed by atoms with E-state index < -0.39 is 15.7 Å². The van der Waals surface area contributed by atoms with Crippen LogP contribution in [0.4, 0.5) is 11.4 Å². The Balaban J connectivity index is 2.23. The molecule has 1 aliphatic heterocycles. The van der Waals surface area contributed by atoms with E-state index in [2.05, 4.69) is 18.7 Å². The number of nitrogens with zero attached hydrogens (tertiary/aromatic N) is 1. The molecule has 0 aromatic heterocycles. The van der Waals surface area contributed by atoms with E-state index >= 15 is 0 Å². The van der Waals surface area contributed by atoms with E-state index in [1.165, 1.54) is 11.8 Å². The van der Waals surface area contributed by atoms with E-state index in [1.807, 2.05) is 42.7 Å². The number of primary amides is 1. The number of hydrogen-bond donors (Lipinski definition) is 1. The molecular weight excluding hydrogens is 468 g/mol. The summed E-state index contributed by atoms with van der Waals surface area (Å²) in [6.07, 6.45) is 7.65. The molecule has 0 fully saturated rings. The lowest BCUT2D eigenvalue weighted by Crippen LogP contribution is -2.38. The van der Waals surface area contributed by atoms with Crippen LogP contribution in [0.2, 0.25) is 0 Å². The summed E-state index contributed by atoms with van der Waals surface area (Å²) in [6, 6.07) is 13.5. The molecule has 2 aromatic carbocycles. The van der Waals surface area contributed by atoms with Crippen LogP contribution in [0.5, 0.6) is 5.75 Å². The van der Waals surface area contributed by atoms with E-state index in [0.717, 1.165) is 49.1 Å². The van der Waals surface area contributed by atoms with Crippen LogP contribution in [-0.2, 0) is 14.6 Å². The summed E-state index contributed by atoms with van der Waals surface area (Å²) in [7, 11) is -3.62. The highest BCUT2D eigenvalue weighted by Gasteiger charge is 2.42. The lowest BCUT2D eigenvalue weighted by Gasteiger charge is -2.37. The van der Waals surface area contributed by atoms with Crippen molar-refractivity contribution in [2.75, 3.05) is 30.1 Å². The average Bonchev–Trinajstić information content (AvgIpc) is 2.92. The van der Waals surface area contributed by atoms with Gasteiger partial charge < -0.3 is 15.4 Å². The number of fused-ring (bicyclic) bond motifs is 1. The lowest BCUT2D eigenvalue weighted by molar-refractivity contribution is -0.120. The Morgan fingerprint density at radius 1 is 1.12 bits per heavy atom. The van der Waals surface area contributed by atoms with E-state index in [9.17, 15) is 13.2 Å². The number of sulfone groups is 1. The molecule has 6 nitrogen and oxygen atoms in total. The highest BCUT2D eigenvalue weighted by molar-refractivity contribution is 7.98. The van der Waals surface area contributed by atoms with Crippen molar-refractivity contribution in [2.45, 2.75) is 62.2 Å². The molecule has 0 aliphatic carbocycles. The number of nitrogens with two attached hydrogens (primary N) is 1. The molecule has 8 heteroatoms. The van der Waals surface area contributed by atoms with E-state index in [1.54, 1.807) is 6.07 Å². The van der Waals surface area contributed by atoms with Gasteiger partial charge in [-0.2, -0.15) is 0 Å². The first kappa shape index (κ1) is 26.4. The fraction of sp³-hybridized carbons (Fsp3) is 0.500. The smallest absolute Gasteiger partial charge is 0.255 e. The number of amides is 1. The maximum atomic E-state index is 13.9. The van der Waals surface area contributed by atoms with Crippen molar-refractivity contribution in [3.05, 3.63) is 42.5 Å². The first-order valence-corrected chi connectivity index (χ1v) is 14.8. The predicted octanol–water partition coefficient (Wildman–Crippen LogP) is 5.56. The van der Waals surface area contributed by atoms with Gasteiger partial charge in [0.2, 0.25) is 0 Å². The Labute approximate surface area is 208 Å². The number of unbranched alkanes of at least 4 members (excludes halogenated alkanes) is 2. The van der Waals surface area contributed by atoms with Gasteiger partial charge in [-0.15, -0.1) is 11.8 Å². The van der Waals surface area contributed by atoms with Crippen molar-refractivity contribution in [1.29, 1.82) is 0 Å². The maximum absolute atomic E-state index is 13.9. The molecule has 0 saturated carbocycles. The zero-order chi connectivity index (χ0) is 24.8. The molecule has 1 amide bonds. The zero-order valence-electron chi connectivity index (χ0n) is 20.4. The third kappa shape index (κ3) is 6.08. The van der Waals surface area contributed by atoms with Gasteiger partial charge in [-0.3, -0.25) is 4.79 Å². The third-order valence-corrected chi connectivity index (χ3v) is 9.17. The number of thioether (sulfide) groups is 1. The van der Waals surface area contributed by atoms with E-state index in [4.69, 9.17) is 10.5 Å². The number of para-hydroxylation sites is 1. The lowest BCUT2D eigenvalue weighted by atomic mass is 9.79. The minimum absolute atomic E-state index is 0.101. The molecule has 3 rings (SSSR count). The van der Waals surface area contributed by atoms with Crippen LogP contribution in [0.15, 0.2) is 52.3 Å². The summed E-state index contributed by atoms with van der Waals surface area (Å²) in [4.78, 5) is 14.5. The van der Waals surface area contributed by atoms with Crippen molar-refractivity contribution in [1.82, 2.24) is 0 Å². The topological polar surface area (TPSA) is 89.7 Å². The first-order valence-electron chi connectivity index (χ1n) is 11.9. The minimum Gasteiger partial charge on any atom is -0.483 e. The molecule has 0 spiro atoms. The Hall–Kier alpha value is -2.19. The highest BCUT2D eigenvalue weighted by Crippen LogP contribution is 2.47. The molecule has 186 valence electrons. The molecule has 0 atom stereocenters. The number of ether oxygens (including phenoxy) is 1. The van der Waals surface area contributed by atoms with Crippen molar-refractivity contribution in [2.24, 2.45) is 11.1 Å². The number of carbonyl (C=O) groups is 1. The average molecular weight is 505 g/mol. The quantitative estimate of drug-likeness (QED) is 0.403. The third-order valence-electron chi connectivity index (χ3n) is 6.42. The predicted molar refractivity (Wildman–Crippen MR) is 140 cm³/mol. The number of benzene rings is 2. The van der Waals surface area contributed by atoms with E-state index in [0.29, 0.717) is 18.0 Å². The summed E-state index contributed by atoms with van der Waals surface area (Å²) in [5.74, 6) is -0.130. The molecule has 0 saturated heterocycles. The molecule has 2 N–H and O–H groups in total. The number of hydrogen-bond acceptors (Lipinski definition) is 6. The van der Waals surface area contributed by atoms with Gasteiger partial charge in [0.1, 0.15) is 5.75 Å². The molecule has 34 heavy (non-hydrogen) atoms. The molecule has 1 heterocycles. The monoisotopic (exact) mass is 504 g/mol. The molecule has 0 bridgehead atoms. The van der Waals surface area contributed by atoms with Gasteiger partial charge in [0.15, 0.2) is 16.4 Å². The van der Waals surface area contributed by atoms with Crippen molar-refractivity contribution < 1.29 is 17.9 Å². The fourth-order valence-electron chi connectivity index (χ4n) is 4.73. The second-order valence-electron chi connectivity index (χ2n) is 9.11. The van der Waals surface area contributed by atoms with Gasteiger partial charge in [-0.1, -0.05) is 57.7 Å². The standard InChI is InChI=1S/C26H36N2O4S2/c1-4-6-13-26(14-7-5-2)18-28(20-11-9-8-10-12-20)21-15-23(33-3)22(32-17-25(27)29)16-24(21)34(30,31)19-26/h8-12,15-16H,4-7,13-14,17-19H2,1-3H3,(H2,27,29). The largest absolute Gasteiger partial charge is 0.483 e. The van der Waals surface area contributed by atoms with Crippen molar-refractivity contribution in [3.8, 4) is 5.75 Å². The van der Waals surface area contributed by atoms with Gasteiger partial charge in [-0.25, -0.2) is 8.42 Å². The van der Waals surface area contributed by atoms with Gasteiger partial charge in [0.05, 0.1) is 21.2 Å². The number of carbonyl (C=O) groups excluding carboxylic acids is 1. The van der Waals surface area contributed by atoms with Crippen LogP contribution in [0.25, 0.3) is 0 Å². The minimum atomic E-state index is -3.62. The summed E-state index contributed by atoms with van der Waals surface area (Å²) in [5, 5.41) is 0. The van der Waals surface area contributed by atoms with Crippen LogP contribution >= 0.6 is 11.8 Å². The SMILES string of the molecule is CCCCC1(CCCC)CN(c2ccccc2)c2cc(SC)c(OCC(N)=O)cc2S(=O)(=O)C1. The summed E-state index contributed by atoms with van der Waals surface area (Å²) in [6.45, 7) is 4.63. The van der Waals surface area contributed by atoms with Gasteiger partial charge in [0.25, 0.3) is 5.91 Å². The summed E-state index contributed by atoms with van der Waals surface area (Å²) < 4.78 is 33.5.